The van der Waals surface area contributed by atoms with E-state index >= 15 is 0 Å². The molecule has 0 saturated heterocycles. The zero-order chi connectivity index (χ0) is 18.5. The second-order valence-corrected chi connectivity index (χ2v) is 6.56. The minimum Gasteiger partial charge on any atom is -0.350 e. The van der Waals surface area contributed by atoms with E-state index in [4.69, 9.17) is 0 Å². The van der Waals surface area contributed by atoms with E-state index in [9.17, 15) is 14.0 Å². The van der Waals surface area contributed by atoms with Crippen molar-refractivity contribution in [3.05, 3.63) is 70.5 Å². The number of amides is 2. The molecule has 2 amide bonds. The highest BCUT2D eigenvalue weighted by Crippen LogP contribution is 2.23. The predicted molar refractivity (Wildman–Crippen MR) is 98.3 cm³/mol. The van der Waals surface area contributed by atoms with Gasteiger partial charge >= 0.3 is 0 Å². The number of nitrogens with one attached hydrogen (secondary N) is 1. The van der Waals surface area contributed by atoms with Gasteiger partial charge in [0.1, 0.15) is 5.82 Å². The van der Waals surface area contributed by atoms with Gasteiger partial charge in [0, 0.05) is 18.7 Å². The Morgan fingerprint density at radius 3 is 2.54 bits per heavy atom. The number of hydrogen-bond donors (Lipinski definition) is 1. The van der Waals surface area contributed by atoms with Gasteiger partial charge in [-0.15, -0.1) is 0 Å². The van der Waals surface area contributed by atoms with Crippen LogP contribution in [0.15, 0.2) is 42.5 Å². The Balaban J connectivity index is 1.58. The zero-order valence-corrected chi connectivity index (χ0v) is 14.9. The summed E-state index contributed by atoms with van der Waals surface area (Å²) in [6.07, 6.45) is 3.23. The fourth-order valence-electron chi connectivity index (χ4n) is 3.25. The van der Waals surface area contributed by atoms with Gasteiger partial charge in [-0.05, 0) is 67.1 Å². The highest BCUT2D eigenvalue weighted by atomic mass is 19.1. The van der Waals surface area contributed by atoms with Gasteiger partial charge in [0.15, 0.2) is 0 Å². The maximum atomic E-state index is 12.9. The Hall–Kier alpha value is -2.69. The third-order valence-corrected chi connectivity index (χ3v) is 4.75. The van der Waals surface area contributed by atoms with Gasteiger partial charge in [-0.2, -0.15) is 0 Å². The smallest absolute Gasteiger partial charge is 0.254 e. The number of aryl methyl sites for hydroxylation is 2. The molecule has 2 aromatic rings. The molecule has 0 bridgehead atoms. The molecule has 0 aliphatic heterocycles. The first-order valence-corrected chi connectivity index (χ1v) is 8.99. The summed E-state index contributed by atoms with van der Waals surface area (Å²) in [5.41, 5.74) is 4.01. The summed E-state index contributed by atoms with van der Waals surface area (Å²) in [7, 11) is 0. The van der Waals surface area contributed by atoms with Crippen LogP contribution in [0.4, 0.5) is 4.39 Å². The SMILES string of the molecule is CCN(CC(=O)NCc1ccc(F)cc1)C(=O)c1ccc2c(c1)CCC2. The maximum Gasteiger partial charge on any atom is 0.254 e. The second kappa shape index (κ2) is 8.13. The number of rotatable bonds is 6. The number of carbonyl (C=O) groups is 2. The lowest BCUT2D eigenvalue weighted by molar-refractivity contribution is -0.121. The predicted octanol–water partition coefficient (Wildman–Crippen LogP) is 3.09. The third kappa shape index (κ3) is 4.28. The molecule has 3 rings (SSSR count). The fraction of sp³-hybridized carbons (Fsp3) is 0.333. The van der Waals surface area contributed by atoms with Crippen LogP contribution in [0, 0.1) is 5.82 Å². The average Bonchev–Trinajstić information content (AvgIpc) is 3.13. The summed E-state index contributed by atoms with van der Waals surface area (Å²) in [6.45, 7) is 2.63. The summed E-state index contributed by atoms with van der Waals surface area (Å²) in [4.78, 5) is 26.5. The van der Waals surface area contributed by atoms with Crippen molar-refractivity contribution >= 4 is 11.8 Å². The monoisotopic (exact) mass is 354 g/mol. The van der Waals surface area contributed by atoms with Crippen molar-refractivity contribution in [3.63, 3.8) is 0 Å². The number of likely N-dealkylation sites (N-methyl/N-ethyl adjacent to an activating group) is 1. The van der Waals surface area contributed by atoms with Crippen LogP contribution < -0.4 is 5.32 Å². The summed E-state index contributed by atoms with van der Waals surface area (Å²) < 4.78 is 12.9. The van der Waals surface area contributed by atoms with Crippen molar-refractivity contribution in [2.24, 2.45) is 0 Å². The normalized spacial score (nSPS) is 12.5. The van der Waals surface area contributed by atoms with Crippen molar-refractivity contribution < 1.29 is 14.0 Å². The first-order valence-electron chi connectivity index (χ1n) is 8.99. The largest absolute Gasteiger partial charge is 0.350 e. The van der Waals surface area contributed by atoms with E-state index in [1.165, 1.54) is 28.2 Å². The Morgan fingerprint density at radius 2 is 1.81 bits per heavy atom. The van der Waals surface area contributed by atoms with E-state index in [2.05, 4.69) is 5.32 Å². The topological polar surface area (TPSA) is 49.4 Å². The van der Waals surface area contributed by atoms with Gasteiger partial charge in [-0.1, -0.05) is 18.2 Å². The number of nitrogens with zero attached hydrogens (tertiary/aromatic N) is 1. The maximum absolute atomic E-state index is 12.9. The first-order chi connectivity index (χ1) is 12.6. The Kier molecular flexibility index (Phi) is 5.66. The average molecular weight is 354 g/mol. The molecule has 4 nitrogen and oxygen atoms in total. The van der Waals surface area contributed by atoms with Gasteiger partial charge in [-0.3, -0.25) is 9.59 Å². The van der Waals surface area contributed by atoms with E-state index in [-0.39, 0.29) is 24.2 Å². The standard InChI is InChI=1S/C21H23FN2O2/c1-2-24(14-20(25)23-13-15-6-10-19(22)11-7-15)21(26)18-9-8-16-4-3-5-17(16)12-18/h6-12H,2-5,13-14H2,1H3,(H,23,25). The minimum atomic E-state index is -0.308. The van der Waals surface area contributed by atoms with E-state index in [1.54, 1.807) is 12.1 Å². The van der Waals surface area contributed by atoms with Gasteiger partial charge in [0.2, 0.25) is 5.91 Å². The van der Waals surface area contributed by atoms with Crippen LogP contribution in [-0.2, 0) is 24.2 Å². The molecule has 0 heterocycles. The highest BCUT2D eigenvalue weighted by Gasteiger charge is 2.19. The summed E-state index contributed by atoms with van der Waals surface area (Å²) in [5, 5.41) is 2.78. The van der Waals surface area contributed by atoms with Gasteiger partial charge in [0.25, 0.3) is 5.91 Å². The van der Waals surface area contributed by atoms with Gasteiger partial charge in [0.05, 0.1) is 6.54 Å². The molecular formula is C21H23FN2O2. The van der Waals surface area contributed by atoms with Crippen LogP contribution in [0.25, 0.3) is 0 Å². The lowest BCUT2D eigenvalue weighted by Crippen LogP contribution is -2.40. The molecule has 2 aromatic carbocycles. The molecule has 0 atom stereocenters. The van der Waals surface area contributed by atoms with Crippen LogP contribution in [0.3, 0.4) is 0 Å². The summed E-state index contributed by atoms with van der Waals surface area (Å²) >= 11 is 0. The molecule has 0 radical (unpaired) electrons. The lowest BCUT2D eigenvalue weighted by Gasteiger charge is -2.21. The molecule has 0 unspecified atom stereocenters. The molecule has 1 aliphatic carbocycles. The molecule has 1 N–H and O–H groups in total. The van der Waals surface area contributed by atoms with E-state index in [1.807, 2.05) is 25.1 Å². The van der Waals surface area contributed by atoms with Crippen molar-refractivity contribution in [1.82, 2.24) is 10.2 Å². The van der Waals surface area contributed by atoms with Gasteiger partial charge in [-0.25, -0.2) is 4.39 Å². The number of fused-ring (bicyclic) bond motifs is 1. The number of hydrogen-bond acceptors (Lipinski definition) is 2. The Bertz CT molecular complexity index is 802. The first kappa shape index (κ1) is 18.1. The van der Waals surface area contributed by atoms with Crippen molar-refractivity contribution in [2.75, 3.05) is 13.1 Å². The van der Waals surface area contributed by atoms with Crippen LogP contribution in [0.2, 0.25) is 0 Å². The van der Waals surface area contributed by atoms with Crippen molar-refractivity contribution in [3.8, 4) is 0 Å². The van der Waals surface area contributed by atoms with Crippen LogP contribution in [0.1, 0.15) is 40.4 Å². The minimum absolute atomic E-state index is 0.00755. The Labute approximate surface area is 153 Å². The second-order valence-electron chi connectivity index (χ2n) is 6.56. The molecular weight excluding hydrogens is 331 g/mol. The fourth-order valence-corrected chi connectivity index (χ4v) is 3.25. The quantitative estimate of drug-likeness (QED) is 0.867. The lowest BCUT2D eigenvalue weighted by atomic mass is 10.1. The van der Waals surface area contributed by atoms with E-state index in [0.29, 0.717) is 18.7 Å². The third-order valence-electron chi connectivity index (χ3n) is 4.75. The molecule has 5 heteroatoms. The van der Waals surface area contributed by atoms with Gasteiger partial charge < -0.3 is 10.2 Å². The Morgan fingerprint density at radius 1 is 1.08 bits per heavy atom. The van der Waals surface area contributed by atoms with E-state index in [0.717, 1.165) is 24.8 Å². The summed E-state index contributed by atoms with van der Waals surface area (Å²) in [5.74, 6) is -0.665. The van der Waals surface area contributed by atoms with Crippen molar-refractivity contribution in [2.45, 2.75) is 32.7 Å². The number of carbonyl (C=O) groups excluding carboxylic acids is 2. The molecule has 1 aliphatic rings. The van der Waals surface area contributed by atoms with Crippen molar-refractivity contribution in [1.29, 1.82) is 0 Å². The molecule has 0 spiro atoms. The number of benzene rings is 2. The molecule has 0 saturated carbocycles. The van der Waals surface area contributed by atoms with E-state index < -0.39 is 0 Å². The number of halogens is 1. The highest BCUT2D eigenvalue weighted by molar-refractivity contribution is 5.96. The summed E-state index contributed by atoms with van der Waals surface area (Å²) in [6, 6.07) is 11.8. The van der Waals surface area contributed by atoms with Crippen LogP contribution >= 0.6 is 0 Å². The van der Waals surface area contributed by atoms with Crippen LogP contribution in [-0.4, -0.2) is 29.8 Å². The molecule has 136 valence electrons. The zero-order valence-electron chi connectivity index (χ0n) is 14.9. The van der Waals surface area contributed by atoms with Crippen LogP contribution in [0.5, 0.6) is 0 Å². The molecule has 0 aromatic heterocycles. The molecule has 0 fully saturated rings. The molecule has 26 heavy (non-hydrogen) atoms.